The topological polar surface area (TPSA) is 57.2 Å². The number of carbonyl (C=O) groups is 1. The van der Waals surface area contributed by atoms with Crippen LogP contribution in [0.1, 0.15) is 23.0 Å². The van der Waals surface area contributed by atoms with Gasteiger partial charge in [0.2, 0.25) is 0 Å². The molecule has 4 nitrogen and oxygen atoms in total. The maximum absolute atomic E-state index is 13.5. The third-order valence-electron chi connectivity index (χ3n) is 2.49. The van der Waals surface area contributed by atoms with Gasteiger partial charge in [0.1, 0.15) is 17.3 Å². The van der Waals surface area contributed by atoms with Crippen molar-refractivity contribution >= 4 is 11.6 Å². The van der Waals surface area contributed by atoms with E-state index in [1.165, 1.54) is 6.92 Å². The molecule has 6 heteroatoms. The molecule has 1 amide bonds. The lowest BCUT2D eigenvalue weighted by atomic mass is 10.1. The van der Waals surface area contributed by atoms with Gasteiger partial charge in [0, 0.05) is 11.8 Å². The van der Waals surface area contributed by atoms with Crippen molar-refractivity contribution in [2.45, 2.75) is 6.92 Å². The Bertz CT molecular complexity index is 621. The van der Waals surface area contributed by atoms with E-state index in [1.807, 2.05) is 0 Å². The molecule has 0 fully saturated rings. The standard InChI is InChI=1S/C13H11F2N3O/c1-8(10-7-9(14)4-5-11(10)15)17-18-13(19)12-3-2-6-16-12/h2-7,16H,1H3,(H,18,19)/b17-8-. The van der Waals surface area contributed by atoms with Crippen molar-refractivity contribution in [1.29, 1.82) is 0 Å². The molecule has 1 aromatic heterocycles. The van der Waals surface area contributed by atoms with Crippen LogP contribution in [0.3, 0.4) is 0 Å². The number of hydrogen-bond donors (Lipinski definition) is 2. The minimum absolute atomic E-state index is 0.00628. The number of benzene rings is 1. The van der Waals surface area contributed by atoms with E-state index >= 15 is 0 Å². The highest BCUT2D eigenvalue weighted by Gasteiger charge is 2.09. The van der Waals surface area contributed by atoms with Gasteiger partial charge in [-0.1, -0.05) is 0 Å². The van der Waals surface area contributed by atoms with Crippen molar-refractivity contribution in [3.8, 4) is 0 Å². The van der Waals surface area contributed by atoms with Gasteiger partial charge >= 0.3 is 0 Å². The predicted octanol–water partition coefficient (Wildman–Crippen LogP) is 2.45. The molecule has 0 aliphatic carbocycles. The summed E-state index contributed by atoms with van der Waals surface area (Å²) in [6, 6.07) is 6.29. The highest BCUT2D eigenvalue weighted by molar-refractivity contribution is 6.00. The van der Waals surface area contributed by atoms with E-state index < -0.39 is 17.5 Å². The number of hydrazone groups is 1. The first-order valence-corrected chi connectivity index (χ1v) is 5.51. The second kappa shape index (κ2) is 5.43. The fourth-order valence-electron chi connectivity index (χ4n) is 1.50. The zero-order chi connectivity index (χ0) is 13.8. The van der Waals surface area contributed by atoms with Crippen molar-refractivity contribution < 1.29 is 13.6 Å². The Morgan fingerprint density at radius 1 is 1.32 bits per heavy atom. The number of carbonyl (C=O) groups excluding carboxylic acids is 1. The molecular weight excluding hydrogens is 252 g/mol. The van der Waals surface area contributed by atoms with Gasteiger partial charge in [-0.2, -0.15) is 5.10 Å². The van der Waals surface area contributed by atoms with Crippen LogP contribution in [0.5, 0.6) is 0 Å². The number of rotatable bonds is 3. The van der Waals surface area contributed by atoms with E-state index in [-0.39, 0.29) is 11.3 Å². The summed E-state index contributed by atoms with van der Waals surface area (Å²) in [4.78, 5) is 14.3. The number of hydrogen-bond acceptors (Lipinski definition) is 2. The van der Waals surface area contributed by atoms with Crippen LogP contribution < -0.4 is 5.43 Å². The minimum atomic E-state index is -0.600. The van der Waals surface area contributed by atoms with Crippen LogP contribution in [0, 0.1) is 11.6 Å². The number of nitrogens with zero attached hydrogens (tertiary/aromatic N) is 1. The largest absolute Gasteiger partial charge is 0.357 e. The first kappa shape index (κ1) is 12.9. The summed E-state index contributed by atoms with van der Waals surface area (Å²) in [6.07, 6.45) is 1.59. The molecule has 0 atom stereocenters. The van der Waals surface area contributed by atoms with E-state index in [4.69, 9.17) is 0 Å². The summed E-state index contributed by atoms with van der Waals surface area (Å²) in [7, 11) is 0. The molecule has 98 valence electrons. The minimum Gasteiger partial charge on any atom is -0.357 e. The molecule has 1 aromatic carbocycles. The van der Waals surface area contributed by atoms with Crippen LogP contribution >= 0.6 is 0 Å². The Morgan fingerprint density at radius 3 is 2.79 bits per heavy atom. The fraction of sp³-hybridized carbons (Fsp3) is 0.0769. The van der Waals surface area contributed by atoms with E-state index in [9.17, 15) is 13.6 Å². The molecule has 0 spiro atoms. The molecule has 0 saturated heterocycles. The average molecular weight is 263 g/mol. The van der Waals surface area contributed by atoms with E-state index in [2.05, 4.69) is 15.5 Å². The smallest absolute Gasteiger partial charge is 0.287 e. The lowest BCUT2D eigenvalue weighted by molar-refractivity contribution is 0.0950. The molecule has 0 radical (unpaired) electrons. The summed E-state index contributed by atoms with van der Waals surface area (Å²) >= 11 is 0. The summed E-state index contributed by atoms with van der Waals surface area (Å²) in [5.74, 6) is -1.63. The van der Waals surface area contributed by atoms with Crippen molar-refractivity contribution in [1.82, 2.24) is 10.4 Å². The number of aromatic amines is 1. The third-order valence-corrected chi connectivity index (χ3v) is 2.49. The summed E-state index contributed by atoms with van der Waals surface area (Å²) in [6.45, 7) is 1.48. The first-order valence-electron chi connectivity index (χ1n) is 5.51. The van der Waals surface area contributed by atoms with E-state index in [0.717, 1.165) is 18.2 Å². The SMILES string of the molecule is C/C(=N/NC(=O)c1ccc[nH]1)c1cc(F)ccc1F. The fourth-order valence-corrected chi connectivity index (χ4v) is 1.50. The molecule has 2 rings (SSSR count). The summed E-state index contributed by atoms with van der Waals surface area (Å²) in [5, 5.41) is 3.74. The number of aromatic nitrogens is 1. The zero-order valence-corrected chi connectivity index (χ0v) is 10.1. The zero-order valence-electron chi connectivity index (χ0n) is 10.1. The maximum atomic E-state index is 13.5. The Balaban J connectivity index is 2.15. The third kappa shape index (κ3) is 3.04. The van der Waals surface area contributed by atoms with Crippen LogP contribution in [-0.4, -0.2) is 16.6 Å². The number of amides is 1. The lowest BCUT2D eigenvalue weighted by Gasteiger charge is -2.03. The Hall–Kier alpha value is -2.50. The quantitative estimate of drug-likeness (QED) is 0.648. The lowest BCUT2D eigenvalue weighted by Crippen LogP contribution is -2.20. The van der Waals surface area contributed by atoms with E-state index in [1.54, 1.807) is 18.3 Å². The van der Waals surface area contributed by atoms with E-state index in [0.29, 0.717) is 5.69 Å². The van der Waals surface area contributed by atoms with Crippen LogP contribution in [0.15, 0.2) is 41.6 Å². The van der Waals surface area contributed by atoms with Crippen molar-refractivity contribution in [3.05, 3.63) is 59.4 Å². The van der Waals surface area contributed by atoms with Gasteiger partial charge in [-0.3, -0.25) is 4.79 Å². The van der Waals surface area contributed by atoms with Gasteiger partial charge in [0.25, 0.3) is 5.91 Å². The number of H-pyrrole nitrogens is 1. The molecule has 0 unspecified atom stereocenters. The Morgan fingerprint density at radius 2 is 2.11 bits per heavy atom. The number of nitrogens with one attached hydrogen (secondary N) is 2. The Labute approximate surface area is 108 Å². The van der Waals surface area contributed by atoms with Crippen molar-refractivity contribution in [2.75, 3.05) is 0 Å². The second-order valence-corrected chi connectivity index (χ2v) is 3.85. The molecular formula is C13H11F2N3O. The van der Waals surface area contributed by atoms with Crippen LogP contribution in [0.2, 0.25) is 0 Å². The van der Waals surface area contributed by atoms with Crippen molar-refractivity contribution in [2.24, 2.45) is 5.10 Å². The predicted molar refractivity (Wildman–Crippen MR) is 66.8 cm³/mol. The molecule has 0 saturated carbocycles. The van der Waals surface area contributed by atoms with Crippen LogP contribution in [0.25, 0.3) is 0 Å². The van der Waals surface area contributed by atoms with Gasteiger partial charge in [-0.15, -0.1) is 0 Å². The summed E-state index contributed by atoms with van der Waals surface area (Å²) < 4.78 is 26.5. The average Bonchev–Trinajstić information content (AvgIpc) is 2.92. The van der Waals surface area contributed by atoms with Crippen molar-refractivity contribution in [3.63, 3.8) is 0 Å². The second-order valence-electron chi connectivity index (χ2n) is 3.85. The Kier molecular flexibility index (Phi) is 3.70. The molecule has 2 N–H and O–H groups in total. The monoisotopic (exact) mass is 263 g/mol. The van der Waals surface area contributed by atoms with Gasteiger partial charge in [-0.25, -0.2) is 14.2 Å². The summed E-state index contributed by atoms with van der Waals surface area (Å²) in [5.41, 5.74) is 2.77. The van der Waals surface area contributed by atoms with Crippen LogP contribution in [0.4, 0.5) is 8.78 Å². The molecule has 0 bridgehead atoms. The van der Waals surface area contributed by atoms with Gasteiger partial charge in [0.15, 0.2) is 0 Å². The molecule has 0 aliphatic rings. The maximum Gasteiger partial charge on any atom is 0.287 e. The molecule has 19 heavy (non-hydrogen) atoms. The number of halogens is 2. The highest BCUT2D eigenvalue weighted by atomic mass is 19.1. The van der Waals surface area contributed by atoms with Gasteiger partial charge < -0.3 is 4.98 Å². The van der Waals surface area contributed by atoms with Gasteiger partial charge in [0.05, 0.1) is 5.71 Å². The molecule has 0 aliphatic heterocycles. The first-order chi connectivity index (χ1) is 9.08. The molecule has 2 aromatic rings. The van der Waals surface area contributed by atoms with Gasteiger partial charge in [-0.05, 0) is 37.3 Å². The molecule has 1 heterocycles. The van der Waals surface area contributed by atoms with Crippen LogP contribution in [-0.2, 0) is 0 Å². The highest BCUT2D eigenvalue weighted by Crippen LogP contribution is 2.10. The normalized spacial score (nSPS) is 11.4.